The third-order valence-electron chi connectivity index (χ3n) is 2.90. The van der Waals surface area contributed by atoms with Crippen LogP contribution in [0.2, 0.25) is 0 Å². The van der Waals surface area contributed by atoms with E-state index in [1.54, 1.807) is 6.07 Å². The molecule has 0 amide bonds. The lowest BCUT2D eigenvalue weighted by molar-refractivity contribution is 0.549. The van der Waals surface area contributed by atoms with Crippen LogP contribution in [-0.4, -0.2) is 28.5 Å². The first-order valence-electron chi connectivity index (χ1n) is 6.38. The highest BCUT2D eigenvalue weighted by atomic mass is 32.2. The van der Waals surface area contributed by atoms with E-state index in [1.165, 1.54) is 0 Å². The minimum atomic E-state index is -0.0698. The van der Waals surface area contributed by atoms with Crippen LogP contribution in [0.25, 0.3) is 10.9 Å². The highest BCUT2D eigenvalue weighted by Gasteiger charge is 2.04. The van der Waals surface area contributed by atoms with Crippen LogP contribution in [0.5, 0.6) is 0 Å². The van der Waals surface area contributed by atoms with Crippen molar-refractivity contribution in [2.75, 3.05) is 18.6 Å². The van der Waals surface area contributed by atoms with E-state index in [9.17, 15) is 4.79 Å². The van der Waals surface area contributed by atoms with E-state index in [1.807, 2.05) is 30.0 Å². The second kappa shape index (κ2) is 6.73. The van der Waals surface area contributed by atoms with Crippen LogP contribution in [0.3, 0.4) is 0 Å². The molecule has 1 unspecified atom stereocenters. The Bertz CT molecular complexity index is 597. The molecule has 4 nitrogen and oxygen atoms in total. The zero-order valence-corrected chi connectivity index (χ0v) is 12.1. The number of nitrogens with one attached hydrogen (secondary N) is 2. The average molecular weight is 277 g/mol. The van der Waals surface area contributed by atoms with Crippen molar-refractivity contribution in [1.82, 2.24) is 15.3 Å². The van der Waals surface area contributed by atoms with Crippen LogP contribution in [0.15, 0.2) is 29.1 Å². The van der Waals surface area contributed by atoms with Crippen LogP contribution >= 0.6 is 11.8 Å². The zero-order chi connectivity index (χ0) is 13.7. The summed E-state index contributed by atoms with van der Waals surface area (Å²) >= 11 is 1.85. The van der Waals surface area contributed by atoms with Gasteiger partial charge in [-0.2, -0.15) is 11.8 Å². The van der Waals surface area contributed by atoms with Gasteiger partial charge in [-0.3, -0.25) is 4.79 Å². The first kappa shape index (κ1) is 14.1. The molecule has 0 spiro atoms. The molecule has 19 heavy (non-hydrogen) atoms. The summed E-state index contributed by atoms with van der Waals surface area (Å²) in [7, 11) is 0. The Labute approximate surface area is 117 Å². The summed E-state index contributed by atoms with van der Waals surface area (Å²) in [6.45, 7) is 3.73. The van der Waals surface area contributed by atoms with E-state index in [0.717, 1.165) is 17.8 Å². The van der Waals surface area contributed by atoms with Crippen molar-refractivity contribution in [3.63, 3.8) is 0 Å². The van der Waals surface area contributed by atoms with E-state index in [4.69, 9.17) is 0 Å². The SMILES string of the molecule is CSCC(C)CNCc1nc2ccccc2c(=O)[nH]1. The molecule has 1 heterocycles. The van der Waals surface area contributed by atoms with Crippen molar-refractivity contribution in [3.05, 3.63) is 40.4 Å². The minimum absolute atomic E-state index is 0.0698. The number of benzene rings is 1. The monoisotopic (exact) mass is 277 g/mol. The second-order valence-corrected chi connectivity index (χ2v) is 5.63. The largest absolute Gasteiger partial charge is 0.310 e. The summed E-state index contributed by atoms with van der Waals surface area (Å²) < 4.78 is 0. The fourth-order valence-corrected chi connectivity index (χ4v) is 2.69. The van der Waals surface area contributed by atoms with Crippen LogP contribution < -0.4 is 10.9 Å². The molecule has 2 rings (SSSR count). The normalized spacial score (nSPS) is 12.7. The van der Waals surface area contributed by atoms with Crippen molar-refractivity contribution in [3.8, 4) is 0 Å². The first-order valence-corrected chi connectivity index (χ1v) is 7.77. The van der Waals surface area contributed by atoms with E-state index in [-0.39, 0.29) is 5.56 Å². The molecule has 1 aromatic heterocycles. The van der Waals surface area contributed by atoms with Gasteiger partial charge >= 0.3 is 0 Å². The van der Waals surface area contributed by atoms with Gasteiger partial charge in [-0.05, 0) is 36.6 Å². The summed E-state index contributed by atoms with van der Waals surface area (Å²) in [6, 6.07) is 7.40. The maximum atomic E-state index is 11.9. The summed E-state index contributed by atoms with van der Waals surface area (Å²) in [6.07, 6.45) is 2.11. The van der Waals surface area contributed by atoms with Gasteiger partial charge in [-0.1, -0.05) is 19.1 Å². The van der Waals surface area contributed by atoms with Gasteiger partial charge in [0.1, 0.15) is 5.82 Å². The van der Waals surface area contributed by atoms with Crippen LogP contribution in [-0.2, 0) is 6.54 Å². The number of hydrogen-bond donors (Lipinski definition) is 2. The van der Waals surface area contributed by atoms with Gasteiger partial charge in [0.15, 0.2) is 0 Å². The molecule has 2 N–H and O–H groups in total. The third kappa shape index (κ3) is 3.81. The average Bonchev–Trinajstić information content (AvgIpc) is 2.39. The van der Waals surface area contributed by atoms with Crippen LogP contribution in [0, 0.1) is 5.92 Å². The Morgan fingerprint density at radius 1 is 1.42 bits per heavy atom. The Morgan fingerprint density at radius 3 is 3.00 bits per heavy atom. The van der Waals surface area contributed by atoms with Crippen molar-refractivity contribution in [1.29, 1.82) is 0 Å². The maximum absolute atomic E-state index is 11.9. The lowest BCUT2D eigenvalue weighted by atomic mass is 10.2. The number of aromatic amines is 1. The molecule has 5 heteroatoms. The van der Waals surface area contributed by atoms with Crippen LogP contribution in [0.1, 0.15) is 12.7 Å². The molecule has 102 valence electrons. The summed E-state index contributed by atoms with van der Waals surface area (Å²) in [4.78, 5) is 19.1. The predicted molar refractivity (Wildman–Crippen MR) is 81.6 cm³/mol. The topological polar surface area (TPSA) is 57.8 Å². The standard InChI is InChI=1S/C14H19N3OS/c1-10(9-19-2)7-15-8-13-16-12-6-4-3-5-11(12)14(18)17-13/h3-6,10,15H,7-9H2,1-2H3,(H,16,17,18). The maximum Gasteiger partial charge on any atom is 0.258 e. The van der Waals surface area contributed by atoms with Crippen molar-refractivity contribution in [2.45, 2.75) is 13.5 Å². The Morgan fingerprint density at radius 2 is 2.21 bits per heavy atom. The number of hydrogen-bond acceptors (Lipinski definition) is 4. The number of para-hydroxylation sites is 1. The number of fused-ring (bicyclic) bond motifs is 1. The Kier molecular flexibility index (Phi) is 4.99. The quantitative estimate of drug-likeness (QED) is 0.848. The van der Waals surface area contributed by atoms with Crippen molar-refractivity contribution in [2.24, 2.45) is 5.92 Å². The van der Waals surface area contributed by atoms with Crippen molar-refractivity contribution >= 4 is 22.7 Å². The van der Waals surface area contributed by atoms with Crippen molar-refractivity contribution < 1.29 is 0 Å². The molecule has 0 aliphatic carbocycles. The highest BCUT2D eigenvalue weighted by molar-refractivity contribution is 7.98. The molecular weight excluding hydrogens is 258 g/mol. The molecule has 0 radical (unpaired) electrons. The number of H-pyrrole nitrogens is 1. The fourth-order valence-electron chi connectivity index (χ4n) is 2.00. The third-order valence-corrected chi connectivity index (χ3v) is 3.80. The van der Waals surface area contributed by atoms with Crippen LogP contribution in [0.4, 0.5) is 0 Å². The lowest BCUT2D eigenvalue weighted by Gasteiger charge is -2.10. The van der Waals surface area contributed by atoms with E-state index < -0.39 is 0 Å². The van der Waals surface area contributed by atoms with E-state index in [2.05, 4.69) is 28.5 Å². The lowest BCUT2D eigenvalue weighted by Crippen LogP contribution is -2.24. The Balaban J connectivity index is 2.03. The molecule has 2 aromatic rings. The van der Waals surface area contributed by atoms with Gasteiger partial charge in [0.25, 0.3) is 5.56 Å². The highest BCUT2D eigenvalue weighted by Crippen LogP contribution is 2.06. The molecule has 0 aliphatic rings. The second-order valence-electron chi connectivity index (χ2n) is 4.72. The molecule has 0 fully saturated rings. The van der Waals surface area contributed by atoms with Gasteiger partial charge in [-0.15, -0.1) is 0 Å². The molecule has 0 saturated heterocycles. The zero-order valence-electron chi connectivity index (χ0n) is 11.3. The molecular formula is C14H19N3OS. The number of aromatic nitrogens is 2. The van der Waals surface area contributed by atoms with Gasteiger partial charge in [0.05, 0.1) is 17.4 Å². The van der Waals surface area contributed by atoms with Gasteiger partial charge in [-0.25, -0.2) is 4.98 Å². The molecule has 1 atom stereocenters. The minimum Gasteiger partial charge on any atom is -0.310 e. The van der Waals surface area contributed by atoms with Gasteiger partial charge < -0.3 is 10.3 Å². The Hall–Kier alpha value is -1.33. The van der Waals surface area contributed by atoms with Gasteiger partial charge in [0, 0.05) is 0 Å². The summed E-state index contributed by atoms with van der Waals surface area (Å²) in [5.74, 6) is 2.44. The van der Waals surface area contributed by atoms with E-state index in [0.29, 0.717) is 23.7 Å². The molecule has 1 aromatic carbocycles. The van der Waals surface area contributed by atoms with E-state index >= 15 is 0 Å². The summed E-state index contributed by atoms with van der Waals surface area (Å²) in [5, 5.41) is 3.97. The van der Waals surface area contributed by atoms with Gasteiger partial charge in [0.2, 0.25) is 0 Å². The summed E-state index contributed by atoms with van der Waals surface area (Å²) in [5.41, 5.74) is 0.680. The number of rotatable bonds is 6. The fraction of sp³-hybridized carbons (Fsp3) is 0.429. The molecule has 0 aliphatic heterocycles. The smallest absolute Gasteiger partial charge is 0.258 e. The number of nitrogens with zero attached hydrogens (tertiary/aromatic N) is 1. The number of thioether (sulfide) groups is 1. The first-order chi connectivity index (χ1) is 9.20. The molecule has 0 bridgehead atoms. The molecule has 0 saturated carbocycles. The predicted octanol–water partition coefficient (Wildman–Crippen LogP) is 2.01.